The smallest absolute Gasteiger partial charge is 0.305 e. The molecule has 1 aromatic rings. The lowest BCUT2D eigenvalue weighted by molar-refractivity contribution is -0.137. The summed E-state index contributed by atoms with van der Waals surface area (Å²) in [5.74, 6) is -0.927. The van der Waals surface area contributed by atoms with Gasteiger partial charge in [-0.2, -0.15) is 0 Å². The van der Waals surface area contributed by atoms with Crippen LogP contribution in [0.15, 0.2) is 6.20 Å². The van der Waals surface area contributed by atoms with Crippen LogP contribution >= 0.6 is 0 Å². The first-order valence-electron chi connectivity index (χ1n) is 3.43. The molecule has 66 valence electrons. The summed E-state index contributed by atoms with van der Waals surface area (Å²) in [6.45, 7) is 0. The van der Waals surface area contributed by atoms with Gasteiger partial charge in [0.1, 0.15) is 0 Å². The standard InChI is InChI=1S/C6H10N4O2/c1-10-5(3-8-9-10)4(7)2-6(11)12/h3-4H,2,7H2,1H3,(H,11,12). The molecule has 0 aliphatic rings. The maximum Gasteiger partial charge on any atom is 0.305 e. The van der Waals surface area contributed by atoms with Crippen LogP contribution in [0.25, 0.3) is 0 Å². The summed E-state index contributed by atoms with van der Waals surface area (Å²) < 4.78 is 1.47. The molecular weight excluding hydrogens is 160 g/mol. The molecule has 6 heteroatoms. The molecule has 6 nitrogen and oxygen atoms in total. The third kappa shape index (κ3) is 1.79. The number of carbonyl (C=O) groups is 1. The highest BCUT2D eigenvalue weighted by Crippen LogP contribution is 2.10. The Morgan fingerprint density at radius 2 is 2.58 bits per heavy atom. The first-order valence-corrected chi connectivity index (χ1v) is 3.43. The van der Waals surface area contributed by atoms with Gasteiger partial charge in [0.15, 0.2) is 0 Å². The average Bonchev–Trinajstić information content (AvgIpc) is 2.33. The zero-order valence-corrected chi connectivity index (χ0v) is 6.64. The molecule has 0 aliphatic heterocycles. The number of rotatable bonds is 3. The molecule has 12 heavy (non-hydrogen) atoms. The summed E-state index contributed by atoms with van der Waals surface area (Å²) in [5.41, 5.74) is 6.18. The Labute approximate surface area is 69.0 Å². The van der Waals surface area contributed by atoms with Gasteiger partial charge in [0.2, 0.25) is 0 Å². The number of hydrogen-bond donors (Lipinski definition) is 2. The molecule has 1 unspecified atom stereocenters. The van der Waals surface area contributed by atoms with E-state index < -0.39 is 12.0 Å². The zero-order chi connectivity index (χ0) is 9.14. The Bertz CT molecular complexity index is 283. The molecule has 0 amide bonds. The normalized spacial score (nSPS) is 12.8. The Balaban J connectivity index is 2.71. The number of aliphatic carboxylic acids is 1. The molecule has 1 heterocycles. The van der Waals surface area contributed by atoms with Gasteiger partial charge >= 0.3 is 5.97 Å². The maximum atomic E-state index is 10.3. The second-order valence-corrected chi connectivity index (χ2v) is 2.49. The molecular formula is C6H10N4O2. The van der Waals surface area contributed by atoms with E-state index in [-0.39, 0.29) is 6.42 Å². The lowest BCUT2D eigenvalue weighted by atomic mass is 10.2. The van der Waals surface area contributed by atoms with Crippen molar-refractivity contribution in [3.05, 3.63) is 11.9 Å². The van der Waals surface area contributed by atoms with Gasteiger partial charge in [0, 0.05) is 7.05 Å². The van der Waals surface area contributed by atoms with Gasteiger partial charge in [-0.15, -0.1) is 5.10 Å². The predicted octanol–water partition coefficient (Wildman–Crippen LogP) is -0.710. The minimum absolute atomic E-state index is 0.110. The quantitative estimate of drug-likeness (QED) is 0.624. The molecule has 3 N–H and O–H groups in total. The summed E-state index contributed by atoms with van der Waals surface area (Å²) in [5, 5.41) is 15.7. The topological polar surface area (TPSA) is 94.0 Å². The fraction of sp³-hybridized carbons (Fsp3) is 0.500. The van der Waals surface area contributed by atoms with E-state index in [4.69, 9.17) is 10.8 Å². The molecule has 0 aliphatic carbocycles. The SMILES string of the molecule is Cn1nncc1C(N)CC(=O)O. The van der Waals surface area contributed by atoms with Crippen LogP contribution in [0, 0.1) is 0 Å². The monoisotopic (exact) mass is 170 g/mol. The molecule has 0 saturated carbocycles. The van der Waals surface area contributed by atoms with Gasteiger partial charge in [-0.25, -0.2) is 0 Å². The highest BCUT2D eigenvalue weighted by Gasteiger charge is 2.13. The zero-order valence-electron chi connectivity index (χ0n) is 6.64. The third-order valence-corrected chi connectivity index (χ3v) is 1.52. The Morgan fingerprint density at radius 1 is 1.92 bits per heavy atom. The van der Waals surface area contributed by atoms with E-state index in [1.54, 1.807) is 7.05 Å². The Kier molecular flexibility index (Phi) is 2.39. The largest absolute Gasteiger partial charge is 0.481 e. The molecule has 0 saturated heterocycles. The van der Waals surface area contributed by atoms with Crippen LogP contribution in [0.1, 0.15) is 18.2 Å². The van der Waals surface area contributed by atoms with Gasteiger partial charge < -0.3 is 10.8 Å². The van der Waals surface area contributed by atoms with Crippen molar-refractivity contribution >= 4 is 5.97 Å². The molecule has 1 rings (SSSR count). The van der Waals surface area contributed by atoms with Crippen LogP contribution in [-0.2, 0) is 11.8 Å². The number of hydrogen-bond acceptors (Lipinski definition) is 4. The van der Waals surface area contributed by atoms with Crippen molar-refractivity contribution in [2.45, 2.75) is 12.5 Å². The van der Waals surface area contributed by atoms with Gasteiger partial charge in [-0.3, -0.25) is 9.48 Å². The van der Waals surface area contributed by atoms with Gasteiger partial charge in [-0.05, 0) is 0 Å². The lowest BCUT2D eigenvalue weighted by Crippen LogP contribution is -2.18. The molecule has 1 aromatic heterocycles. The molecule has 0 radical (unpaired) electrons. The Morgan fingerprint density at radius 3 is 3.00 bits per heavy atom. The fourth-order valence-corrected chi connectivity index (χ4v) is 0.926. The minimum Gasteiger partial charge on any atom is -0.481 e. The summed E-state index contributed by atoms with van der Waals surface area (Å²) in [6, 6.07) is -0.539. The summed E-state index contributed by atoms with van der Waals surface area (Å²) in [4.78, 5) is 10.3. The van der Waals surface area contributed by atoms with Crippen molar-refractivity contribution in [3.8, 4) is 0 Å². The van der Waals surface area contributed by atoms with Crippen LogP contribution in [0.5, 0.6) is 0 Å². The van der Waals surface area contributed by atoms with E-state index in [9.17, 15) is 4.79 Å². The minimum atomic E-state index is -0.927. The molecule has 0 bridgehead atoms. The number of carboxylic acid groups (broad SMARTS) is 1. The highest BCUT2D eigenvalue weighted by atomic mass is 16.4. The van der Waals surface area contributed by atoms with Crippen LogP contribution in [0.2, 0.25) is 0 Å². The number of aryl methyl sites for hydroxylation is 1. The van der Waals surface area contributed by atoms with Crippen LogP contribution < -0.4 is 5.73 Å². The number of nitrogens with two attached hydrogens (primary N) is 1. The van der Waals surface area contributed by atoms with Crippen molar-refractivity contribution in [2.24, 2.45) is 12.8 Å². The predicted molar refractivity (Wildman–Crippen MR) is 40.2 cm³/mol. The van der Waals surface area contributed by atoms with Gasteiger partial charge in [-0.1, -0.05) is 5.21 Å². The van der Waals surface area contributed by atoms with E-state index in [0.29, 0.717) is 5.69 Å². The first kappa shape index (κ1) is 8.66. The fourth-order valence-electron chi connectivity index (χ4n) is 0.926. The van der Waals surface area contributed by atoms with Crippen molar-refractivity contribution in [1.29, 1.82) is 0 Å². The lowest BCUT2D eigenvalue weighted by Gasteiger charge is -2.06. The molecule has 0 aromatic carbocycles. The summed E-state index contributed by atoms with van der Waals surface area (Å²) in [6.07, 6.45) is 1.36. The second kappa shape index (κ2) is 3.31. The van der Waals surface area contributed by atoms with E-state index >= 15 is 0 Å². The van der Waals surface area contributed by atoms with Crippen LogP contribution in [0.3, 0.4) is 0 Å². The maximum absolute atomic E-state index is 10.3. The number of aromatic nitrogens is 3. The van der Waals surface area contributed by atoms with Gasteiger partial charge in [0.05, 0.1) is 24.4 Å². The van der Waals surface area contributed by atoms with Crippen molar-refractivity contribution in [1.82, 2.24) is 15.0 Å². The van der Waals surface area contributed by atoms with Crippen LogP contribution in [0.4, 0.5) is 0 Å². The van der Waals surface area contributed by atoms with Gasteiger partial charge in [0.25, 0.3) is 0 Å². The highest BCUT2D eigenvalue weighted by molar-refractivity contribution is 5.67. The van der Waals surface area contributed by atoms with Crippen molar-refractivity contribution in [2.75, 3.05) is 0 Å². The Hall–Kier alpha value is -1.43. The number of nitrogens with zero attached hydrogens (tertiary/aromatic N) is 3. The summed E-state index contributed by atoms with van der Waals surface area (Å²) in [7, 11) is 1.67. The molecule has 1 atom stereocenters. The van der Waals surface area contributed by atoms with Crippen molar-refractivity contribution < 1.29 is 9.90 Å². The van der Waals surface area contributed by atoms with Crippen molar-refractivity contribution in [3.63, 3.8) is 0 Å². The average molecular weight is 170 g/mol. The van der Waals surface area contributed by atoms with E-state index in [2.05, 4.69) is 10.3 Å². The van der Waals surface area contributed by atoms with Crippen LogP contribution in [-0.4, -0.2) is 26.1 Å². The first-order chi connectivity index (χ1) is 5.61. The van der Waals surface area contributed by atoms with E-state index in [1.165, 1.54) is 10.9 Å². The second-order valence-electron chi connectivity index (χ2n) is 2.49. The van der Waals surface area contributed by atoms with E-state index in [1.807, 2.05) is 0 Å². The summed E-state index contributed by atoms with van der Waals surface area (Å²) >= 11 is 0. The number of carboxylic acids is 1. The molecule has 0 fully saturated rings. The van der Waals surface area contributed by atoms with E-state index in [0.717, 1.165) is 0 Å². The third-order valence-electron chi connectivity index (χ3n) is 1.52. The molecule has 0 spiro atoms.